The van der Waals surface area contributed by atoms with E-state index in [1.807, 2.05) is 41.3 Å². The van der Waals surface area contributed by atoms with Gasteiger partial charge in [-0.05, 0) is 49.3 Å². The zero-order valence-corrected chi connectivity index (χ0v) is 18.7. The van der Waals surface area contributed by atoms with Crippen molar-refractivity contribution >= 4 is 17.7 Å². The van der Waals surface area contributed by atoms with Gasteiger partial charge in [0, 0.05) is 38.2 Å². The van der Waals surface area contributed by atoms with Crippen LogP contribution in [-0.2, 0) is 19.8 Å². The van der Waals surface area contributed by atoms with Gasteiger partial charge in [-0.2, -0.15) is 0 Å². The number of imide groups is 1. The smallest absolute Gasteiger partial charge is 0.240 e. The second-order valence-electron chi connectivity index (χ2n) is 9.42. The Morgan fingerprint density at radius 3 is 2.67 bits per heavy atom. The summed E-state index contributed by atoms with van der Waals surface area (Å²) >= 11 is 0. The minimum Gasteiger partial charge on any atom is -0.492 e. The Kier molecular flexibility index (Phi) is 5.87. The standard InChI is InChI=1S/C26H29N3O4/c30-23-15-26(20-6-2-1-3-7-20,16-24(31)29-18-19-9-10-21(29)14-19)25(32)28(23)12-5-13-33-22-8-4-11-27-17-22/h1-4,6-8,11,17,19,21H,5,9-10,12-16,18H2/t19-,21+,26-/m0/s1. The summed E-state index contributed by atoms with van der Waals surface area (Å²) in [5.41, 5.74) is -0.378. The molecule has 0 N–H and O–H groups in total. The van der Waals surface area contributed by atoms with Gasteiger partial charge in [0.05, 0.1) is 18.2 Å². The maximum Gasteiger partial charge on any atom is 0.240 e. The van der Waals surface area contributed by atoms with E-state index in [2.05, 4.69) is 4.98 Å². The highest BCUT2D eigenvalue weighted by Crippen LogP contribution is 2.43. The molecule has 3 fully saturated rings. The van der Waals surface area contributed by atoms with Gasteiger partial charge in [0.1, 0.15) is 5.75 Å². The predicted octanol–water partition coefficient (Wildman–Crippen LogP) is 2.95. The predicted molar refractivity (Wildman–Crippen MR) is 121 cm³/mol. The molecule has 0 radical (unpaired) electrons. The quantitative estimate of drug-likeness (QED) is 0.459. The van der Waals surface area contributed by atoms with Crippen LogP contribution < -0.4 is 4.74 Å². The van der Waals surface area contributed by atoms with Gasteiger partial charge in [0.25, 0.3) is 0 Å². The lowest BCUT2D eigenvalue weighted by Gasteiger charge is -2.32. The van der Waals surface area contributed by atoms with Gasteiger partial charge in [-0.1, -0.05) is 30.3 Å². The van der Waals surface area contributed by atoms with Crippen molar-refractivity contribution in [3.8, 4) is 5.75 Å². The van der Waals surface area contributed by atoms with Crippen molar-refractivity contribution in [3.63, 3.8) is 0 Å². The van der Waals surface area contributed by atoms with Gasteiger partial charge in [-0.25, -0.2) is 0 Å². The maximum absolute atomic E-state index is 13.7. The summed E-state index contributed by atoms with van der Waals surface area (Å²) in [4.78, 5) is 47.4. The van der Waals surface area contributed by atoms with Crippen LogP contribution in [0.4, 0.5) is 0 Å². The van der Waals surface area contributed by atoms with Gasteiger partial charge in [0.15, 0.2) is 0 Å². The number of amides is 3. The van der Waals surface area contributed by atoms with Gasteiger partial charge in [-0.15, -0.1) is 0 Å². The third-order valence-corrected chi connectivity index (χ3v) is 7.35. The van der Waals surface area contributed by atoms with E-state index >= 15 is 0 Å². The molecule has 2 aromatic rings. The molecule has 33 heavy (non-hydrogen) atoms. The first-order valence-corrected chi connectivity index (χ1v) is 11.8. The first-order valence-electron chi connectivity index (χ1n) is 11.8. The molecule has 1 aliphatic carbocycles. The van der Waals surface area contributed by atoms with E-state index in [0.717, 1.165) is 24.9 Å². The van der Waals surface area contributed by atoms with E-state index in [1.54, 1.807) is 18.5 Å². The summed E-state index contributed by atoms with van der Waals surface area (Å²) in [5, 5.41) is 0. The van der Waals surface area contributed by atoms with Crippen LogP contribution in [0.15, 0.2) is 54.9 Å². The van der Waals surface area contributed by atoms with Crippen molar-refractivity contribution < 1.29 is 19.1 Å². The molecule has 3 heterocycles. The minimum absolute atomic E-state index is 0.00559. The van der Waals surface area contributed by atoms with Crippen LogP contribution in [0.25, 0.3) is 0 Å². The van der Waals surface area contributed by atoms with Gasteiger partial charge >= 0.3 is 0 Å². The van der Waals surface area contributed by atoms with Crippen molar-refractivity contribution in [2.75, 3.05) is 19.7 Å². The van der Waals surface area contributed by atoms with Crippen LogP contribution in [0.2, 0.25) is 0 Å². The van der Waals surface area contributed by atoms with Gasteiger partial charge < -0.3 is 9.64 Å². The minimum atomic E-state index is -1.12. The maximum atomic E-state index is 13.7. The molecule has 172 valence electrons. The van der Waals surface area contributed by atoms with Crippen LogP contribution in [0.5, 0.6) is 5.75 Å². The zero-order chi connectivity index (χ0) is 22.8. The number of rotatable bonds is 8. The van der Waals surface area contributed by atoms with Crippen LogP contribution in [0.1, 0.15) is 44.1 Å². The van der Waals surface area contributed by atoms with E-state index in [0.29, 0.717) is 30.7 Å². The third kappa shape index (κ3) is 4.12. The molecule has 2 saturated heterocycles. The van der Waals surface area contributed by atoms with Crippen molar-refractivity contribution in [2.24, 2.45) is 5.92 Å². The van der Waals surface area contributed by atoms with E-state index in [4.69, 9.17) is 4.74 Å². The molecular weight excluding hydrogens is 418 g/mol. The third-order valence-electron chi connectivity index (χ3n) is 7.35. The number of aromatic nitrogens is 1. The molecule has 1 aromatic carbocycles. The van der Waals surface area contributed by atoms with Crippen molar-refractivity contribution in [1.82, 2.24) is 14.8 Å². The van der Waals surface area contributed by atoms with Crippen LogP contribution in [-0.4, -0.2) is 58.2 Å². The summed E-state index contributed by atoms with van der Waals surface area (Å²) in [6, 6.07) is 13.2. The highest BCUT2D eigenvalue weighted by Gasteiger charge is 2.54. The summed E-state index contributed by atoms with van der Waals surface area (Å²) in [6.45, 7) is 1.43. The number of carbonyl (C=O) groups excluding carboxylic acids is 3. The molecule has 1 saturated carbocycles. The molecule has 2 bridgehead atoms. The number of ether oxygens (including phenoxy) is 1. The number of nitrogens with zero attached hydrogens (tertiary/aromatic N) is 3. The Balaban J connectivity index is 1.30. The van der Waals surface area contributed by atoms with Crippen molar-refractivity contribution in [3.05, 3.63) is 60.4 Å². The highest BCUT2D eigenvalue weighted by atomic mass is 16.5. The molecule has 7 nitrogen and oxygen atoms in total. The zero-order valence-electron chi connectivity index (χ0n) is 18.7. The molecule has 0 unspecified atom stereocenters. The van der Waals surface area contributed by atoms with E-state index in [-0.39, 0.29) is 37.1 Å². The summed E-state index contributed by atoms with van der Waals surface area (Å²) in [5.74, 6) is 0.747. The fraction of sp³-hybridized carbons (Fsp3) is 0.462. The van der Waals surface area contributed by atoms with E-state index in [9.17, 15) is 14.4 Å². The average molecular weight is 448 g/mol. The Labute approximate surface area is 193 Å². The van der Waals surface area contributed by atoms with E-state index < -0.39 is 5.41 Å². The summed E-state index contributed by atoms with van der Waals surface area (Å²) < 4.78 is 5.66. The monoisotopic (exact) mass is 447 g/mol. The SMILES string of the molecule is O=C1C[C@](CC(=O)N2C[C@H]3CC[C@@H]2C3)(c2ccccc2)C(=O)N1CCCOc1cccnc1. The number of carbonyl (C=O) groups is 3. The number of piperidine rings is 1. The van der Waals surface area contributed by atoms with Gasteiger partial charge in [-0.3, -0.25) is 24.3 Å². The van der Waals surface area contributed by atoms with Crippen LogP contribution in [0, 0.1) is 5.92 Å². The number of hydrogen-bond donors (Lipinski definition) is 0. The van der Waals surface area contributed by atoms with Crippen molar-refractivity contribution in [1.29, 1.82) is 0 Å². The Hall–Kier alpha value is -3.22. The second kappa shape index (κ2) is 8.96. The number of fused-ring (bicyclic) bond motifs is 2. The van der Waals surface area contributed by atoms with Crippen LogP contribution in [0.3, 0.4) is 0 Å². The lowest BCUT2D eigenvalue weighted by atomic mass is 9.75. The van der Waals surface area contributed by atoms with Crippen molar-refractivity contribution in [2.45, 2.75) is 50.0 Å². The Bertz CT molecular complexity index is 1030. The molecule has 0 spiro atoms. The van der Waals surface area contributed by atoms with E-state index in [1.165, 1.54) is 11.3 Å². The molecule has 3 amide bonds. The average Bonchev–Trinajstić information content (AvgIpc) is 3.53. The topological polar surface area (TPSA) is 79.8 Å². The first-order chi connectivity index (χ1) is 16.1. The molecule has 1 aromatic heterocycles. The Morgan fingerprint density at radius 2 is 1.97 bits per heavy atom. The lowest BCUT2D eigenvalue weighted by Crippen LogP contribution is -2.45. The summed E-state index contributed by atoms with van der Waals surface area (Å²) in [6.07, 6.45) is 7.20. The summed E-state index contributed by atoms with van der Waals surface area (Å²) in [7, 11) is 0. The molecule has 2 aliphatic heterocycles. The number of benzene rings is 1. The first kappa shape index (κ1) is 21.6. The number of pyridine rings is 1. The largest absolute Gasteiger partial charge is 0.492 e. The van der Waals surface area contributed by atoms with Crippen LogP contribution >= 0.6 is 0 Å². The van der Waals surface area contributed by atoms with Gasteiger partial charge in [0.2, 0.25) is 17.7 Å². The molecule has 3 atom stereocenters. The number of hydrogen-bond acceptors (Lipinski definition) is 5. The lowest BCUT2D eigenvalue weighted by molar-refractivity contribution is -0.143. The molecular formula is C26H29N3O4. The molecule has 3 aliphatic rings. The fourth-order valence-electron chi connectivity index (χ4n) is 5.68. The highest BCUT2D eigenvalue weighted by molar-refractivity contribution is 6.10. The molecule has 5 rings (SSSR count). The second-order valence-corrected chi connectivity index (χ2v) is 9.42. The fourth-order valence-corrected chi connectivity index (χ4v) is 5.68. The Morgan fingerprint density at radius 1 is 1.12 bits per heavy atom. The normalized spacial score (nSPS) is 26.3. The molecule has 7 heteroatoms. The number of likely N-dealkylation sites (tertiary alicyclic amines) is 2.